The molecule has 2 aliphatic carbocycles. The lowest BCUT2D eigenvalue weighted by Gasteiger charge is -2.46. The van der Waals surface area contributed by atoms with Gasteiger partial charge in [-0.05, 0) is 69.4 Å². The van der Waals surface area contributed by atoms with Crippen molar-refractivity contribution in [3.05, 3.63) is 24.3 Å². The Labute approximate surface area is 162 Å². The van der Waals surface area contributed by atoms with Crippen LogP contribution in [0, 0.1) is 5.92 Å². The highest BCUT2D eigenvalue weighted by Crippen LogP contribution is 2.41. The van der Waals surface area contributed by atoms with Crippen LogP contribution in [0.25, 0.3) is 0 Å². The number of likely N-dealkylation sites (tertiary alicyclic amines) is 1. The summed E-state index contributed by atoms with van der Waals surface area (Å²) in [4.78, 5) is 14.4. The van der Waals surface area contributed by atoms with Gasteiger partial charge in [-0.15, -0.1) is 0 Å². The predicted octanol–water partition coefficient (Wildman–Crippen LogP) is 4.56. The van der Waals surface area contributed by atoms with Crippen molar-refractivity contribution in [2.75, 3.05) is 18.4 Å². The van der Waals surface area contributed by atoms with Gasteiger partial charge in [-0.1, -0.05) is 18.9 Å². The van der Waals surface area contributed by atoms with E-state index < -0.39 is 5.60 Å². The molecule has 1 aliphatic heterocycles. The summed E-state index contributed by atoms with van der Waals surface area (Å²) >= 11 is 0. The molecule has 2 amide bonds. The van der Waals surface area contributed by atoms with E-state index in [1.807, 2.05) is 29.2 Å². The molecule has 0 atom stereocenters. The molecule has 4 rings (SSSR count). The molecule has 3 aliphatic rings. The second-order valence-electron chi connectivity index (χ2n) is 8.55. The van der Waals surface area contributed by atoms with Crippen molar-refractivity contribution in [3.63, 3.8) is 0 Å². The first-order chi connectivity index (χ1) is 13.1. The SMILES string of the molecule is O=C(Nc1cccc(OC2CCCCC2)c1)N1CCC(O)(C2CCC2)CC1. The molecule has 5 nitrogen and oxygen atoms in total. The van der Waals surface area contributed by atoms with Crippen molar-refractivity contribution < 1.29 is 14.6 Å². The van der Waals surface area contributed by atoms with Crippen LogP contribution in [0.2, 0.25) is 0 Å². The standard InChI is InChI=1S/C22H32N2O3/c25-21(24-14-12-22(26,13-15-24)17-6-4-7-17)23-18-8-5-11-20(16-18)27-19-9-2-1-3-10-19/h5,8,11,16-17,19,26H,1-4,6-7,9-10,12-15H2,(H,23,25). The van der Waals surface area contributed by atoms with Crippen LogP contribution in [0.4, 0.5) is 10.5 Å². The van der Waals surface area contributed by atoms with Gasteiger partial charge in [0.1, 0.15) is 5.75 Å². The molecule has 3 fully saturated rings. The smallest absolute Gasteiger partial charge is 0.321 e. The van der Waals surface area contributed by atoms with Gasteiger partial charge in [-0.25, -0.2) is 4.79 Å². The zero-order valence-electron chi connectivity index (χ0n) is 16.2. The maximum absolute atomic E-state index is 12.6. The molecule has 148 valence electrons. The first-order valence-electron chi connectivity index (χ1n) is 10.7. The van der Waals surface area contributed by atoms with E-state index in [9.17, 15) is 9.90 Å². The van der Waals surface area contributed by atoms with Crippen molar-refractivity contribution >= 4 is 11.7 Å². The number of amides is 2. The summed E-state index contributed by atoms with van der Waals surface area (Å²) in [6.45, 7) is 1.24. The highest BCUT2D eigenvalue weighted by atomic mass is 16.5. The van der Waals surface area contributed by atoms with Crippen LogP contribution >= 0.6 is 0 Å². The molecule has 1 aromatic rings. The van der Waals surface area contributed by atoms with Gasteiger partial charge in [-0.3, -0.25) is 0 Å². The average Bonchev–Trinajstić information content (AvgIpc) is 2.61. The molecule has 1 aromatic carbocycles. The van der Waals surface area contributed by atoms with Crippen molar-refractivity contribution in [3.8, 4) is 5.75 Å². The molecule has 27 heavy (non-hydrogen) atoms. The number of urea groups is 1. The second-order valence-corrected chi connectivity index (χ2v) is 8.55. The number of ether oxygens (including phenoxy) is 1. The highest BCUT2D eigenvalue weighted by Gasteiger charge is 2.42. The Morgan fingerprint density at radius 1 is 1.07 bits per heavy atom. The Morgan fingerprint density at radius 2 is 1.81 bits per heavy atom. The summed E-state index contributed by atoms with van der Waals surface area (Å²) in [6, 6.07) is 7.63. The van der Waals surface area contributed by atoms with Gasteiger partial charge in [0.25, 0.3) is 0 Å². The molecule has 1 saturated heterocycles. The lowest BCUT2D eigenvalue weighted by atomic mass is 9.69. The fourth-order valence-electron chi connectivity index (χ4n) is 4.68. The first-order valence-corrected chi connectivity index (χ1v) is 10.7. The van der Waals surface area contributed by atoms with Gasteiger partial charge in [0.15, 0.2) is 0 Å². The molecule has 1 heterocycles. The number of nitrogens with zero attached hydrogens (tertiary/aromatic N) is 1. The van der Waals surface area contributed by atoms with Crippen molar-refractivity contribution in [2.24, 2.45) is 5.92 Å². The minimum absolute atomic E-state index is 0.0829. The largest absolute Gasteiger partial charge is 0.490 e. The molecule has 2 N–H and O–H groups in total. The zero-order chi connectivity index (χ0) is 18.7. The second kappa shape index (κ2) is 8.09. The number of hydrogen-bond donors (Lipinski definition) is 2. The number of piperidine rings is 1. The Kier molecular flexibility index (Phi) is 5.58. The van der Waals surface area contributed by atoms with Crippen molar-refractivity contribution in [2.45, 2.75) is 75.9 Å². The topological polar surface area (TPSA) is 61.8 Å². The van der Waals surface area contributed by atoms with Gasteiger partial charge >= 0.3 is 6.03 Å². The molecule has 0 bridgehead atoms. The van der Waals surface area contributed by atoms with Gasteiger partial charge in [-0.2, -0.15) is 0 Å². The minimum Gasteiger partial charge on any atom is -0.490 e. The minimum atomic E-state index is -0.553. The van der Waals surface area contributed by atoms with Gasteiger partial charge in [0, 0.05) is 24.8 Å². The Balaban J connectivity index is 1.30. The van der Waals surface area contributed by atoms with Crippen LogP contribution in [0.15, 0.2) is 24.3 Å². The van der Waals surface area contributed by atoms with E-state index in [1.165, 1.54) is 25.7 Å². The van der Waals surface area contributed by atoms with Crippen molar-refractivity contribution in [1.82, 2.24) is 4.90 Å². The lowest BCUT2D eigenvalue weighted by Crippen LogP contribution is -2.52. The normalized spacial score (nSPS) is 23.5. The van der Waals surface area contributed by atoms with Gasteiger partial charge in [0.2, 0.25) is 0 Å². The van der Waals surface area contributed by atoms with Crippen LogP contribution in [-0.4, -0.2) is 40.8 Å². The molecule has 0 radical (unpaired) electrons. The highest BCUT2D eigenvalue weighted by molar-refractivity contribution is 5.89. The monoisotopic (exact) mass is 372 g/mol. The summed E-state index contributed by atoms with van der Waals surface area (Å²) < 4.78 is 6.10. The predicted molar refractivity (Wildman–Crippen MR) is 106 cm³/mol. The Bertz CT molecular complexity index is 645. The number of rotatable bonds is 4. The first kappa shape index (κ1) is 18.6. The number of aliphatic hydroxyl groups is 1. The van der Waals surface area contributed by atoms with Crippen LogP contribution in [0.5, 0.6) is 5.75 Å². The number of nitrogens with one attached hydrogen (secondary N) is 1. The van der Waals surface area contributed by atoms with E-state index in [0.717, 1.165) is 37.1 Å². The van der Waals surface area contributed by atoms with E-state index in [4.69, 9.17) is 4.74 Å². The quantitative estimate of drug-likeness (QED) is 0.815. The number of anilines is 1. The van der Waals surface area contributed by atoms with E-state index >= 15 is 0 Å². The summed E-state index contributed by atoms with van der Waals surface area (Å²) in [5.41, 5.74) is 0.219. The number of hydrogen-bond acceptors (Lipinski definition) is 3. The van der Waals surface area contributed by atoms with Crippen LogP contribution in [0.3, 0.4) is 0 Å². The van der Waals surface area contributed by atoms with E-state index in [2.05, 4.69) is 5.32 Å². The fourth-order valence-corrected chi connectivity index (χ4v) is 4.68. The third kappa shape index (κ3) is 4.40. The summed E-state index contributed by atoms with van der Waals surface area (Å²) in [5.74, 6) is 1.27. The number of carbonyl (C=O) groups excluding carboxylic acids is 1. The Hall–Kier alpha value is -1.75. The molecule has 5 heteroatoms. The number of carbonyl (C=O) groups is 1. The molecular weight excluding hydrogens is 340 g/mol. The fraction of sp³-hybridized carbons (Fsp3) is 0.682. The van der Waals surface area contributed by atoms with Crippen LogP contribution in [-0.2, 0) is 0 Å². The third-order valence-corrected chi connectivity index (χ3v) is 6.72. The summed E-state index contributed by atoms with van der Waals surface area (Å²) in [6.07, 6.45) is 11.2. The van der Waals surface area contributed by atoms with E-state index in [-0.39, 0.29) is 6.03 Å². The van der Waals surface area contributed by atoms with Gasteiger partial charge in [0.05, 0.1) is 11.7 Å². The molecule has 0 aromatic heterocycles. The molecular formula is C22H32N2O3. The van der Waals surface area contributed by atoms with Crippen LogP contribution in [0.1, 0.15) is 64.2 Å². The molecule has 2 saturated carbocycles. The number of benzene rings is 1. The molecule has 0 unspecified atom stereocenters. The maximum atomic E-state index is 12.6. The lowest BCUT2D eigenvalue weighted by molar-refractivity contribution is -0.0845. The van der Waals surface area contributed by atoms with E-state index in [1.54, 1.807) is 0 Å². The zero-order valence-corrected chi connectivity index (χ0v) is 16.2. The third-order valence-electron chi connectivity index (χ3n) is 6.72. The maximum Gasteiger partial charge on any atom is 0.321 e. The van der Waals surface area contributed by atoms with Crippen molar-refractivity contribution in [1.29, 1.82) is 0 Å². The van der Waals surface area contributed by atoms with E-state index in [0.29, 0.717) is 38.0 Å². The molecule has 0 spiro atoms. The average molecular weight is 373 g/mol. The Morgan fingerprint density at radius 3 is 2.48 bits per heavy atom. The summed E-state index contributed by atoms with van der Waals surface area (Å²) in [7, 11) is 0. The van der Waals surface area contributed by atoms with Gasteiger partial charge < -0.3 is 20.1 Å². The summed E-state index contributed by atoms with van der Waals surface area (Å²) in [5, 5.41) is 13.8. The van der Waals surface area contributed by atoms with Crippen LogP contribution < -0.4 is 10.1 Å².